The maximum Gasteiger partial charge on any atom is 0.416 e. The Kier molecular flexibility index (Phi) is 7.16. The van der Waals surface area contributed by atoms with E-state index in [0.717, 1.165) is 29.4 Å². The van der Waals surface area contributed by atoms with Crippen molar-refractivity contribution < 1.29 is 17.9 Å². The van der Waals surface area contributed by atoms with E-state index in [1.54, 1.807) is 7.05 Å². The number of benzene rings is 1. The number of ether oxygens (including phenoxy) is 1. The molecule has 29 heavy (non-hydrogen) atoms. The Balaban J connectivity index is 2.06. The molecular formula is C20H28F3N5O. The van der Waals surface area contributed by atoms with Crippen molar-refractivity contribution in [2.45, 2.75) is 46.0 Å². The molecule has 1 atom stereocenters. The summed E-state index contributed by atoms with van der Waals surface area (Å²) >= 11 is 0. The van der Waals surface area contributed by atoms with Crippen LogP contribution in [0.2, 0.25) is 0 Å². The van der Waals surface area contributed by atoms with E-state index in [4.69, 9.17) is 4.74 Å². The van der Waals surface area contributed by atoms with Gasteiger partial charge in [0.2, 0.25) is 0 Å². The van der Waals surface area contributed by atoms with Crippen LogP contribution in [0.5, 0.6) is 5.75 Å². The first kappa shape index (κ1) is 22.6. The van der Waals surface area contributed by atoms with Crippen LogP contribution in [0.1, 0.15) is 35.0 Å². The lowest BCUT2D eigenvalue weighted by Crippen LogP contribution is -2.43. The van der Waals surface area contributed by atoms with E-state index in [9.17, 15) is 13.2 Å². The number of aromatic nitrogens is 2. The van der Waals surface area contributed by atoms with Crippen LogP contribution in [0.15, 0.2) is 23.2 Å². The van der Waals surface area contributed by atoms with Gasteiger partial charge in [0.15, 0.2) is 5.96 Å². The molecule has 1 unspecified atom stereocenters. The summed E-state index contributed by atoms with van der Waals surface area (Å²) in [5, 5.41) is 10.6. The lowest BCUT2D eigenvalue weighted by molar-refractivity contribution is -0.138. The molecular weight excluding hydrogens is 383 g/mol. The largest absolute Gasteiger partial charge is 0.497 e. The third-order valence-corrected chi connectivity index (χ3v) is 4.84. The number of hydrogen-bond acceptors (Lipinski definition) is 3. The summed E-state index contributed by atoms with van der Waals surface area (Å²) in [4.78, 5) is 4.13. The first-order chi connectivity index (χ1) is 13.6. The number of hydrogen-bond donors (Lipinski definition) is 2. The Morgan fingerprint density at radius 2 is 2.00 bits per heavy atom. The Hall–Kier alpha value is -2.71. The maximum absolute atomic E-state index is 13.4. The molecule has 0 amide bonds. The second-order valence-corrected chi connectivity index (χ2v) is 6.97. The summed E-state index contributed by atoms with van der Waals surface area (Å²) in [7, 11) is 4.82. The average molecular weight is 411 g/mol. The zero-order valence-corrected chi connectivity index (χ0v) is 17.6. The lowest BCUT2D eigenvalue weighted by Gasteiger charge is -2.20. The van der Waals surface area contributed by atoms with Crippen molar-refractivity contribution in [1.29, 1.82) is 0 Å². The molecule has 6 nitrogen and oxygen atoms in total. The van der Waals surface area contributed by atoms with E-state index in [1.807, 2.05) is 32.5 Å². The number of nitrogens with zero attached hydrogens (tertiary/aromatic N) is 3. The van der Waals surface area contributed by atoms with Gasteiger partial charge >= 0.3 is 6.18 Å². The molecule has 0 aliphatic heterocycles. The molecule has 2 N–H and O–H groups in total. The van der Waals surface area contributed by atoms with Crippen LogP contribution in [0, 0.1) is 13.8 Å². The van der Waals surface area contributed by atoms with Crippen LogP contribution >= 0.6 is 0 Å². The smallest absolute Gasteiger partial charge is 0.416 e. The van der Waals surface area contributed by atoms with Gasteiger partial charge in [0, 0.05) is 32.4 Å². The number of halogens is 3. The summed E-state index contributed by atoms with van der Waals surface area (Å²) in [5.74, 6) is 0.597. The first-order valence-electron chi connectivity index (χ1n) is 9.27. The average Bonchev–Trinajstić information content (AvgIpc) is 2.90. The summed E-state index contributed by atoms with van der Waals surface area (Å²) in [5.41, 5.74) is 2.60. The molecule has 0 bridgehead atoms. The SMILES string of the molecule is CN=C(NCc1ccc(OC)cc1C(F)(F)F)NC(C)Cc1c(C)nn(C)c1C. The summed E-state index contributed by atoms with van der Waals surface area (Å²) < 4.78 is 46.9. The normalized spacial score (nSPS) is 13.3. The van der Waals surface area contributed by atoms with Gasteiger partial charge < -0.3 is 15.4 Å². The minimum absolute atomic E-state index is 0.0146. The van der Waals surface area contributed by atoms with Gasteiger partial charge in [-0.2, -0.15) is 18.3 Å². The van der Waals surface area contributed by atoms with Crippen molar-refractivity contribution >= 4 is 5.96 Å². The van der Waals surface area contributed by atoms with Crippen molar-refractivity contribution in [3.05, 3.63) is 46.3 Å². The zero-order chi connectivity index (χ0) is 21.8. The number of aliphatic imine (C=N–C) groups is 1. The zero-order valence-electron chi connectivity index (χ0n) is 17.6. The first-order valence-corrected chi connectivity index (χ1v) is 9.27. The Labute approximate surface area is 169 Å². The molecule has 2 aromatic rings. The molecule has 160 valence electrons. The molecule has 1 aromatic heterocycles. The quantitative estimate of drug-likeness (QED) is 0.565. The van der Waals surface area contributed by atoms with Crippen LogP contribution in [-0.2, 0) is 26.2 Å². The summed E-state index contributed by atoms with van der Waals surface area (Å²) in [6.45, 7) is 5.95. The van der Waals surface area contributed by atoms with Gasteiger partial charge in [-0.1, -0.05) is 6.07 Å². The van der Waals surface area contributed by atoms with Crippen LogP contribution in [0.3, 0.4) is 0 Å². The Morgan fingerprint density at radius 3 is 2.52 bits per heavy atom. The highest BCUT2D eigenvalue weighted by Crippen LogP contribution is 2.34. The van der Waals surface area contributed by atoms with Crippen molar-refractivity contribution in [2.24, 2.45) is 12.0 Å². The Morgan fingerprint density at radius 1 is 1.31 bits per heavy atom. The van der Waals surface area contributed by atoms with Crippen molar-refractivity contribution in [3.8, 4) is 5.75 Å². The van der Waals surface area contributed by atoms with Gasteiger partial charge in [0.25, 0.3) is 0 Å². The van der Waals surface area contributed by atoms with Crippen LogP contribution < -0.4 is 15.4 Å². The highest BCUT2D eigenvalue weighted by Gasteiger charge is 2.33. The summed E-state index contributed by atoms with van der Waals surface area (Å²) in [6.07, 6.45) is -3.74. The number of methoxy groups -OCH3 is 1. The van der Waals surface area contributed by atoms with Gasteiger partial charge in [-0.25, -0.2) is 0 Å². The van der Waals surface area contributed by atoms with E-state index in [-0.39, 0.29) is 23.9 Å². The lowest BCUT2D eigenvalue weighted by atomic mass is 10.1. The van der Waals surface area contributed by atoms with Crippen LogP contribution in [0.4, 0.5) is 13.2 Å². The van der Waals surface area contributed by atoms with Crippen molar-refractivity contribution in [1.82, 2.24) is 20.4 Å². The van der Waals surface area contributed by atoms with Gasteiger partial charge in [-0.15, -0.1) is 0 Å². The van der Waals surface area contributed by atoms with Crippen LogP contribution in [0.25, 0.3) is 0 Å². The molecule has 0 spiro atoms. The van der Waals surface area contributed by atoms with E-state index >= 15 is 0 Å². The van der Waals surface area contributed by atoms with E-state index in [1.165, 1.54) is 19.2 Å². The molecule has 9 heteroatoms. The molecule has 2 rings (SSSR count). The minimum atomic E-state index is -4.47. The third-order valence-electron chi connectivity index (χ3n) is 4.84. The molecule has 1 aromatic carbocycles. The molecule has 1 heterocycles. The molecule has 0 aliphatic carbocycles. The Bertz CT molecular complexity index is 874. The van der Waals surface area contributed by atoms with Crippen LogP contribution in [-0.4, -0.2) is 35.9 Å². The van der Waals surface area contributed by atoms with E-state index in [2.05, 4.69) is 20.7 Å². The van der Waals surface area contributed by atoms with Crippen molar-refractivity contribution in [3.63, 3.8) is 0 Å². The second-order valence-electron chi connectivity index (χ2n) is 6.97. The maximum atomic E-state index is 13.4. The fraction of sp³-hybridized carbons (Fsp3) is 0.500. The molecule has 0 radical (unpaired) electrons. The highest BCUT2D eigenvalue weighted by molar-refractivity contribution is 5.80. The van der Waals surface area contributed by atoms with Gasteiger partial charge in [-0.05, 0) is 50.5 Å². The standard InChI is InChI=1S/C20H28F3N5O/c1-12(9-17-13(2)27-28(5)14(17)3)26-19(24-4)25-11-15-7-8-16(29-6)10-18(15)20(21,22)23/h7-8,10,12H,9,11H2,1-6H3,(H2,24,25,26). The predicted octanol–water partition coefficient (Wildman–Crippen LogP) is 3.36. The number of guanidine groups is 1. The monoisotopic (exact) mass is 411 g/mol. The molecule has 0 saturated carbocycles. The fourth-order valence-electron chi connectivity index (χ4n) is 3.18. The predicted molar refractivity (Wildman–Crippen MR) is 107 cm³/mol. The molecule has 0 fully saturated rings. The number of rotatable bonds is 6. The van der Waals surface area contributed by atoms with Crippen molar-refractivity contribution in [2.75, 3.05) is 14.2 Å². The van der Waals surface area contributed by atoms with E-state index < -0.39 is 11.7 Å². The highest BCUT2D eigenvalue weighted by atomic mass is 19.4. The second kappa shape index (κ2) is 9.19. The van der Waals surface area contributed by atoms with Gasteiger partial charge in [0.05, 0.1) is 18.4 Å². The minimum Gasteiger partial charge on any atom is -0.497 e. The fourth-order valence-corrected chi connectivity index (χ4v) is 3.18. The summed E-state index contributed by atoms with van der Waals surface area (Å²) in [6, 6.07) is 3.94. The van der Waals surface area contributed by atoms with Gasteiger partial charge in [0.1, 0.15) is 5.75 Å². The number of nitrogens with one attached hydrogen (secondary N) is 2. The number of aryl methyl sites for hydroxylation is 2. The topological polar surface area (TPSA) is 63.5 Å². The van der Waals surface area contributed by atoms with E-state index in [0.29, 0.717) is 5.96 Å². The molecule has 0 saturated heterocycles. The third kappa shape index (κ3) is 5.65. The van der Waals surface area contributed by atoms with Gasteiger partial charge in [-0.3, -0.25) is 9.67 Å². The number of alkyl halides is 3. The molecule has 0 aliphatic rings.